The summed E-state index contributed by atoms with van der Waals surface area (Å²) in [6, 6.07) is 8.91. The van der Waals surface area contributed by atoms with Crippen LogP contribution in [0.3, 0.4) is 0 Å². The molecule has 2 aromatic rings. The average molecular weight is 274 g/mol. The molecule has 5 heteroatoms. The van der Waals surface area contributed by atoms with Crippen LogP contribution in [0.25, 0.3) is 0 Å². The Morgan fingerprint density at radius 2 is 2.05 bits per heavy atom. The van der Waals surface area contributed by atoms with Crippen LogP contribution in [0.1, 0.15) is 35.2 Å². The number of aryl methyl sites for hydroxylation is 1. The van der Waals surface area contributed by atoms with Crippen molar-refractivity contribution in [2.24, 2.45) is 5.10 Å². The average Bonchev–Trinajstić information content (AvgIpc) is 2.87. The Labute approximate surface area is 116 Å². The van der Waals surface area contributed by atoms with Gasteiger partial charge < -0.3 is 4.42 Å². The molecule has 4 nitrogen and oxygen atoms in total. The van der Waals surface area contributed by atoms with Gasteiger partial charge in [0.05, 0.1) is 6.21 Å². The van der Waals surface area contributed by atoms with Gasteiger partial charge in [-0.15, -0.1) is 0 Å². The first-order valence-electron chi connectivity index (χ1n) is 6.36. The number of hydrogen-bond acceptors (Lipinski definition) is 3. The summed E-state index contributed by atoms with van der Waals surface area (Å²) in [6.45, 7) is 2.07. The molecule has 0 fully saturated rings. The molecular formula is C15H15FN2O2. The molecule has 1 N–H and O–H groups in total. The van der Waals surface area contributed by atoms with Crippen LogP contribution in [0.15, 0.2) is 45.9 Å². The smallest absolute Gasteiger partial charge is 0.271 e. The van der Waals surface area contributed by atoms with E-state index in [1.165, 1.54) is 30.5 Å². The van der Waals surface area contributed by atoms with E-state index in [-0.39, 0.29) is 5.82 Å². The van der Waals surface area contributed by atoms with Gasteiger partial charge in [0.1, 0.15) is 17.3 Å². The van der Waals surface area contributed by atoms with Crippen molar-refractivity contribution in [1.82, 2.24) is 5.43 Å². The normalized spacial score (nSPS) is 10.9. The van der Waals surface area contributed by atoms with E-state index < -0.39 is 5.91 Å². The Kier molecular flexibility index (Phi) is 4.65. The third-order valence-corrected chi connectivity index (χ3v) is 2.64. The van der Waals surface area contributed by atoms with Crippen molar-refractivity contribution in [3.63, 3.8) is 0 Å². The van der Waals surface area contributed by atoms with Gasteiger partial charge in [-0.25, -0.2) is 9.82 Å². The minimum atomic E-state index is -0.401. The fraction of sp³-hybridized carbons (Fsp3) is 0.200. The molecule has 104 valence electrons. The topological polar surface area (TPSA) is 54.6 Å². The second kappa shape index (κ2) is 6.65. The number of amides is 1. The van der Waals surface area contributed by atoms with E-state index in [4.69, 9.17) is 4.42 Å². The molecule has 0 unspecified atom stereocenters. The van der Waals surface area contributed by atoms with E-state index >= 15 is 0 Å². The second-order valence-electron chi connectivity index (χ2n) is 4.26. The number of carbonyl (C=O) groups excluding carboxylic acids is 1. The van der Waals surface area contributed by atoms with E-state index in [0.29, 0.717) is 11.3 Å². The highest BCUT2D eigenvalue weighted by atomic mass is 19.1. The lowest BCUT2D eigenvalue weighted by Gasteiger charge is -1.98. The van der Waals surface area contributed by atoms with Crippen LogP contribution in [0.4, 0.5) is 4.39 Å². The van der Waals surface area contributed by atoms with E-state index in [1.807, 2.05) is 6.07 Å². The lowest BCUT2D eigenvalue weighted by Crippen LogP contribution is -2.17. The molecule has 20 heavy (non-hydrogen) atoms. The van der Waals surface area contributed by atoms with E-state index in [2.05, 4.69) is 17.5 Å². The van der Waals surface area contributed by atoms with Crippen LogP contribution in [-0.2, 0) is 6.42 Å². The molecule has 1 heterocycles. The fourth-order valence-corrected chi connectivity index (χ4v) is 1.66. The molecule has 0 saturated heterocycles. The molecule has 1 aromatic carbocycles. The molecule has 0 aliphatic carbocycles. The van der Waals surface area contributed by atoms with E-state index in [9.17, 15) is 9.18 Å². The summed E-state index contributed by atoms with van der Waals surface area (Å²) in [5, 5.41) is 3.80. The van der Waals surface area contributed by atoms with Gasteiger partial charge in [-0.05, 0) is 42.8 Å². The zero-order chi connectivity index (χ0) is 14.4. The fourth-order valence-electron chi connectivity index (χ4n) is 1.66. The first-order chi connectivity index (χ1) is 9.69. The van der Waals surface area contributed by atoms with Gasteiger partial charge in [-0.2, -0.15) is 5.10 Å². The number of nitrogens with one attached hydrogen (secondary N) is 1. The third kappa shape index (κ3) is 3.78. The first-order valence-corrected chi connectivity index (χ1v) is 6.36. The highest BCUT2D eigenvalue weighted by Crippen LogP contribution is 2.08. The van der Waals surface area contributed by atoms with Crippen molar-refractivity contribution in [3.8, 4) is 0 Å². The van der Waals surface area contributed by atoms with Crippen LogP contribution in [-0.4, -0.2) is 12.1 Å². The zero-order valence-electron chi connectivity index (χ0n) is 11.1. The van der Waals surface area contributed by atoms with Crippen LogP contribution in [0.5, 0.6) is 0 Å². The number of nitrogens with zero attached hydrogens (tertiary/aromatic N) is 1. The lowest BCUT2D eigenvalue weighted by atomic mass is 10.2. The minimum Gasteiger partial charge on any atom is -0.460 e. The molecule has 0 radical (unpaired) electrons. The van der Waals surface area contributed by atoms with E-state index in [1.54, 1.807) is 6.07 Å². The van der Waals surface area contributed by atoms with Crippen molar-refractivity contribution in [2.45, 2.75) is 19.8 Å². The molecule has 0 aliphatic heterocycles. The Bertz CT molecular complexity index is 603. The molecule has 0 spiro atoms. The standard InChI is InChI=1S/C15H15FN2O2/c1-2-3-13-8-9-14(20-13)10-17-18-15(19)11-4-6-12(16)7-5-11/h4-10H,2-3H2,1H3,(H,18,19)/b17-10-. The lowest BCUT2D eigenvalue weighted by molar-refractivity contribution is 0.0955. The zero-order valence-corrected chi connectivity index (χ0v) is 11.1. The van der Waals surface area contributed by atoms with Crippen molar-refractivity contribution in [3.05, 3.63) is 59.3 Å². The predicted molar refractivity (Wildman–Crippen MR) is 74.2 cm³/mol. The number of furan rings is 1. The van der Waals surface area contributed by atoms with Crippen molar-refractivity contribution >= 4 is 12.1 Å². The monoisotopic (exact) mass is 274 g/mol. The minimum absolute atomic E-state index is 0.342. The molecular weight excluding hydrogens is 259 g/mol. The quantitative estimate of drug-likeness (QED) is 0.672. The maximum atomic E-state index is 12.7. The van der Waals surface area contributed by atoms with Gasteiger partial charge in [-0.3, -0.25) is 4.79 Å². The molecule has 1 aromatic heterocycles. The van der Waals surface area contributed by atoms with Crippen LogP contribution < -0.4 is 5.43 Å². The molecule has 1 amide bonds. The third-order valence-electron chi connectivity index (χ3n) is 2.64. The maximum Gasteiger partial charge on any atom is 0.271 e. The Morgan fingerprint density at radius 1 is 1.30 bits per heavy atom. The number of halogens is 1. The molecule has 0 atom stereocenters. The van der Waals surface area contributed by atoms with Crippen LogP contribution in [0, 0.1) is 5.82 Å². The van der Waals surface area contributed by atoms with Crippen LogP contribution >= 0.6 is 0 Å². The van der Waals surface area contributed by atoms with Crippen molar-refractivity contribution in [2.75, 3.05) is 0 Å². The number of carbonyl (C=O) groups is 1. The molecule has 0 saturated carbocycles. The second-order valence-corrected chi connectivity index (χ2v) is 4.26. The van der Waals surface area contributed by atoms with Crippen molar-refractivity contribution < 1.29 is 13.6 Å². The van der Waals surface area contributed by atoms with Gasteiger partial charge in [0, 0.05) is 12.0 Å². The molecule has 0 bridgehead atoms. The maximum absolute atomic E-state index is 12.7. The highest BCUT2D eigenvalue weighted by Gasteiger charge is 2.04. The van der Waals surface area contributed by atoms with E-state index in [0.717, 1.165) is 18.6 Å². The Balaban J connectivity index is 1.91. The summed E-state index contributed by atoms with van der Waals surface area (Å²) < 4.78 is 18.2. The first kappa shape index (κ1) is 14.0. The largest absolute Gasteiger partial charge is 0.460 e. The number of hydrogen-bond donors (Lipinski definition) is 1. The van der Waals surface area contributed by atoms with Gasteiger partial charge in [0.2, 0.25) is 0 Å². The Morgan fingerprint density at radius 3 is 2.75 bits per heavy atom. The number of rotatable bonds is 5. The summed E-state index contributed by atoms with van der Waals surface area (Å²) in [5.74, 6) is 0.678. The Hall–Kier alpha value is -2.43. The van der Waals surface area contributed by atoms with Crippen molar-refractivity contribution in [1.29, 1.82) is 0 Å². The number of benzene rings is 1. The SMILES string of the molecule is CCCc1ccc(/C=N\NC(=O)c2ccc(F)cc2)o1. The molecule has 2 rings (SSSR count). The van der Waals surface area contributed by atoms with Gasteiger partial charge >= 0.3 is 0 Å². The van der Waals surface area contributed by atoms with Crippen LogP contribution in [0.2, 0.25) is 0 Å². The summed E-state index contributed by atoms with van der Waals surface area (Å²) in [7, 11) is 0. The number of hydrazone groups is 1. The summed E-state index contributed by atoms with van der Waals surface area (Å²) in [4.78, 5) is 11.7. The summed E-state index contributed by atoms with van der Waals surface area (Å²) in [6.07, 6.45) is 3.31. The molecule has 0 aliphatic rings. The van der Waals surface area contributed by atoms with Gasteiger partial charge in [-0.1, -0.05) is 6.92 Å². The summed E-state index contributed by atoms with van der Waals surface area (Å²) >= 11 is 0. The highest BCUT2D eigenvalue weighted by molar-refractivity contribution is 5.94. The summed E-state index contributed by atoms with van der Waals surface area (Å²) in [5.41, 5.74) is 2.70. The van der Waals surface area contributed by atoms with Gasteiger partial charge in [0.25, 0.3) is 5.91 Å². The van der Waals surface area contributed by atoms with Gasteiger partial charge in [0.15, 0.2) is 0 Å². The predicted octanol–water partition coefficient (Wildman–Crippen LogP) is 3.14.